The van der Waals surface area contributed by atoms with Gasteiger partial charge in [-0.2, -0.15) is 0 Å². The molecule has 3 rings (SSSR count). The summed E-state index contributed by atoms with van der Waals surface area (Å²) < 4.78 is 35.3. The maximum absolute atomic E-state index is 14.2. The van der Waals surface area contributed by atoms with E-state index < -0.39 is 28.5 Å². The molecule has 0 fully saturated rings. The molecule has 0 unspecified atom stereocenters. The number of carbonyl (C=O) groups is 2. The molecule has 1 atom stereocenters. The van der Waals surface area contributed by atoms with E-state index in [2.05, 4.69) is 5.32 Å². The molecule has 0 saturated carbocycles. The number of sulfonamides is 1. The van der Waals surface area contributed by atoms with Gasteiger partial charge in [0.1, 0.15) is 18.3 Å². The zero-order valence-corrected chi connectivity index (χ0v) is 27.1. The van der Waals surface area contributed by atoms with Crippen molar-refractivity contribution >= 4 is 39.3 Å². The van der Waals surface area contributed by atoms with E-state index in [1.54, 1.807) is 48.5 Å². The summed E-state index contributed by atoms with van der Waals surface area (Å²) >= 11 is 1.51. The maximum atomic E-state index is 14.2. The van der Waals surface area contributed by atoms with Crippen LogP contribution in [-0.2, 0) is 26.0 Å². The number of anilines is 1. The first-order chi connectivity index (χ1) is 20.8. The minimum atomic E-state index is -4.19. The molecule has 0 saturated heterocycles. The van der Waals surface area contributed by atoms with Crippen LogP contribution in [0.25, 0.3) is 0 Å². The summed E-state index contributed by atoms with van der Waals surface area (Å²) in [6.07, 6.45) is 4.58. The first-order valence-corrected chi connectivity index (χ1v) is 17.4. The second-order valence-corrected chi connectivity index (χ2v) is 12.7. The summed E-state index contributed by atoms with van der Waals surface area (Å²) in [6, 6.07) is 22.3. The number of carbonyl (C=O) groups excluding carboxylic acids is 2. The van der Waals surface area contributed by atoms with Crippen LogP contribution in [0.1, 0.15) is 45.6 Å². The van der Waals surface area contributed by atoms with Crippen molar-refractivity contribution < 1.29 is 22.7 Å². The average molecular weight is 626 g/mol. The van der Waals surface area contributed by atoms with Crippen LogP contribution < -0.4 is 14.4 Å². The molecule has 0 aromatic heterocycles. The Balaban J connectivity index is 2.04. The molecule has 1 N–H and O–H groups in total. The van der Waals surface area contributed by atoms with Crippen LogP contribution in [0.15, 0.2) is 88.7 Å². The highest BCUT2D eigenvalue weighted by Gasteiger charge is 2.34. The Hall–Kier alpha value is -3.50. The number of nitrogens with zero attached hydrogens (tertiary/aromatic N) is 2. The fourth-order valence-corrected chi connectivity index (χ4v) is 6.56. The highest BCUT2D eigenvalue weighted by Crippen LogP contribution is 2.33. The van der Waals surface area contributed by atoms with Gasteiger partial charge >= 0.3 is 0 Å². The van der Waals surface area contributed by atoms with Crippen LogP contribution in [0, 0.1) is 0 Å². The van der Waals surface area contributed by atoms with E-state index in [1.165, 1.54) is 16.7 Å². The summed E-state index contributed by atoms with van der Waals surface area (Å²) in [4.78, 5) is 30.1. The van der Waals surface area contributed by atoms with E-state index in [4.69, 9.17) is 4.74 Å². The molecule has 0 aliphatic carbocycles. The van der Waals surface area contributed by atoms with Crippen molar-refractivity contribution in [1.82, 2.24) is 10.2 Å². The van der Waals surface area contributed by atoms with Gasteiger partial charge in [0.2, 0.25) is 11.8 Å². The number of nitrogens with one attached hydrogen (secondary N) is 1. The quantitative estimate of drug-likeness (QED) is 0.151. The van der Waals surface area contributed by atoms with Gasteiger partial charge in [0.05, 0.1) is 17.2 Å². The van der Waals surface area contributed by atoms with Crippen molar-refractivity contribution in [2.45, 2.75) is 62.3 Å². The molecule has 0 radical (unpaired) electrons. The average Bonchev–Trinajstić information content (AvgIpc) is 3.02. The van der Waals surface area contributed by atoms with E-state index in [0.717, 1.165) is 27.6 Å². The number of benzene rings is 3. The smallest absolute Gasteiger partial charge is 0.264 e. The van der Waals surface area contributed by atoms with Gasteiger partial charge in [-0.3, -0.25) is 13.9 Å². The van der Waals surface area contributed by atoms with Crippen LogP contribution in [0.3, 0.4) is 0 Å². The fraction of sp³-hybridized carbons (Fsp3) is 0.394. The number of unbranched alkanes of at least 4 members (excludes halogenated alkanes) is 1. The molecular weight excluding hydrogens is 583 g/mol. The standard InChI is InChI=1S/C33H43N3O5S2/c1-5-8-23-34-33(38)29(6-2)35(24-22-26-14-10-9-11-15-26)32(37)25-36(30-16-12-13-17-31(30)41-7-3)43(39,40)28-20-18-27(42-4)19-21-28/h9-21,29H,5-8,22-25H2,1-4H3,(H,34,38)/t29-/m0/s1. The van der Waals surface area contributed by atoms with Gasteiger partial charge in [0.25, 0.3) is 10.0 Å². The minimum Gasteiger partial charge on any atom is -0.492 e. The molecule has 2 amide bonds. The van der Waals surface area contributed by atoms with Gasteiger partial charge in [0.15, 0.2) is 0 Å². The number of hydrogen-bond donors (Lipinski definition) is 1. The molecule has 0 bridgehead atoms. The van der Waals surface area contributed by atoms with Crippen LogP contribution >= 0.6 is 11.8 Å². The Morgan fingerprint density at radius 2 is 1.60 bits per heavy atom. The Bertz CT molecular complexity index is 1420. The third-order valence-corrected chi connectivity index (χ3v) is 9.58. The number of para-hydroxylation sites is 2. The van der Waals surface area contributed by atoms with Gasteiger partial charge in [0, 0.05) is 18.0 Å². The SMILES string of the molecule is CCCCNC(=O)[C@H](CC)N(CCc1ccccc1)C(=O)CN(c1ccccc1OCC)S(=O)(=O)c1ccc(SC)cc1. The van der Waals surface area contributed by atoms with E-state index in [-0.39, 0.29) is 23.0 Å². The number of amides is 2. The van der Waals surface area contributed by atoms with Gasteiger partial charge in [-0.05, 0) is 74.4 Å². The summed E-state index contributed by atoms with van der Waals surface area (Å²) in [5.41, 5.74) is 1.27. The van der Waals surface area contributed by atoms with Gasteiger partial charge in [-0.15, -0.1) is 11.8 Å². The third-order valence-electron chi connectivity index (χ3n) is 7.06. The van der Waals surface area contributed by atoms with Crippen molar-refractivity contribution in [3.8, 4) is 5.75 Å². The van der Waals surface area contributed by atoms with Crippen molar-refractivity contribution in [2.24, 2.45) is 0 Å². The number of thioether (sulfide) groups is 1. The molecule has 0 aliphatic heterocycles. The number of hydrogen-bond acceptors (Lipinski definition) is 6. The topological polar surface area (TPSA) is 96.0 Å². The van der Waals surface area contributed by atoms with E-state index >= 15 is 0 Å². The molecule has 10 heteroatoms. The molecule has 0 heterocycles. The molecule has 0 aliphatic rings. The summed E-state index contributed by atoms with van der Waals surface area (Å²) in [5.74, 6) is -0.361. The first kappa shape index (κ1) is 34.0. The Labute approximate surface area is 260 Å². The predicted octanol–water partition coefficient (Wildman–Crippen LogP) is 5.77. The number of ether oxygens (including phenoxy) is 1. The predicted molar refractivity (Wildman–Crippen MR) is 174 cm³/mol. The van der Waals surface area contributed by atoms with Crippen molar-refractivity contribution in [2.75, 3.05) is 36.8 Å². The van der Waals surface area contributed by atoms with Gasteiger partial charge < -0.3 is 15.0 Å². The first-order valence-electron chi connectivity index (χ1n) is 14.8. The van der Waals surface area contributed by atoms with Crippen LogP contribution in [0.2, 0.25) is 0 Å². The second kappa shape index (κ2) is 17.0. The lowest BCUT2D eigenvalue weighted by molar-refractivity contribution is -0.139. The lowest BCUT2D eigenvalue weighted by Gasteiger charge is -2.33. The lowest BCUT2D eigenvalue weighted by atomic mass is 10.1. The Morgan fingerprint density at radius 3 is 2.23 bits per heavy atom. The maximum Gasteiger partial charge on any atom is 0.264 e. The number of rotatable bonds is 17. The zero-order valence-electron chi connectivity index (χ0n) is 25.5. The minimum absolute atomic E-state index is 0.0598. The zero-order chi connectivity index (χ0) is 31.2. The third kappa shape index (κ3) is 9.24. The Kier molecular flexibility index (Phi) is 13.4. The fourth-order valence-electron chi connectivity index (χ4n) is 4.73. The van der Waals surface area contributed by atoms with Crippen molar-refractivity contribution in [3.05, 3.63) is 84.4 Å². The monoisotopic (exact) mass is 625 g/mol. The Morgan fingerprint density at radius 1 is 0.930 bits per heavy atom. The van der Waals surface area contributed by atoms with Crippen molar-refractivity contribution in [3.63, 3.8) is 0 Å². The van der Waals surface area contributed by atoms with Crippen LogP contribution in [0.5, 0.6) is 5.75 Å². The largest absolute Gasteiger partial charge is 0.492 e. The molecular formula is C33H43N3O5S2. The highest BCUT2D eigenvalue weighted by molar-refractivity contribution is 7.98. The molecule has 3 aromatic carbocycles. The summed E-state index contributed by atoms with van der Waals surface area (Å²) in [5, 5.41) is 2.96. The van der Waals surface area contributed by atoms with Crippen LogP contribution in [-0.4, -0.2) is 63.7 Å². The van der Waals surface area contributed by atoms with Gasteiger partial charge in [-0.1, -0.05) is 62.7 Å². The second-order valence-electron chi connectivity index (χ2n) is 9.98. The molecule has 0 spiro atoms. The molecule has 3 aromatic rings. The highest BCUT2D eigenvalue weighted by atomic mass is 32.2. The lowest BCUT2D eigenvalue weighted by Crippen LogP contribution is -2.53. The van der Waals surface area contributed by atoms with Crippen LogP contribution in [0.4, 0.5) is 5.69 Å². The van der Waals surface area contributed by atoms with E-state index in [9.17, 15) is 18.0 Å². The normalized spacial score (nSPS) is 11.9. The summed E-state index contributed by atoms with van der Waals surface area (Å²) in [6.45, 7) is 6.31. The molecule has 43 heavy (non-hydrogen) atoms. The van der Waals surface area contributed by atoms with E-state index in [1.807, 2.05) is 57.4 Å². The molecule has 8 nitrogen and oxygen atoms in total. The van der Waals surface area contributed by atoms with E-state index in [0.29, 0.717) is 31.7 Å². The molecule has 232 valence electrons. The van der Waals surface area contributed by atoms with Gasteiger partial charge in [-0.25, -0.2) is 8.42 Å². The van der Waals surface area contributed by atoms with Crippen molar-refractivity contribution in [1.29, 1.82) is 0 Å². The summed E-state index contributed by atoms with van der Waals surface area (Å²) in [7, 11) is -4.19.